The van der Waals surface area contributed by atoms with Crippen LogP contribution in [0.3, 0.4) is 0 Å². The number of nitriles is 1. The standard InChI is InChI=1S/C22H20F3N3O/c1-2-21(29)27-13-15-12-19-16(10-11-26)4-3-5-20(19)28(14-15)18-8-6-17(7-9-18)22(23,24)25/h2-9,15H,1,10,12-14H2,(H,27,29). The van der Waals surface area contributed by atoms with Gasteiger partial charge in [0, 0.05) is 24.5 Å². The molecule has 1 unspecified atom stereocenters. The van der Waals surface area contributed by atoms with Gasteiger partial charge in [0.15, 0.2) is 0 Å². The van der Waals surface area contributed by atoms with Gasteiger partial charge in [-0.2, -0.15) is 18.4 Å². The molecule has 7 heteroatoms. The molecule has 0 aliphatic carbocycles. The molecule has 1 aliphatic heterocycles. The van der Waals surface area contributed by atoms with Gasteiger partial charge in [-0.25, -0.2) is 0 Å². The Kier molecular flexibility index (Phi) is 5.92. The van der Waals surface area contributed by atoms with Gasteiger partial charge in [0.2, 0.25) is 5.91 Å². The Hall–Kier alpha value is -3.27. The number of anilines is 2. The summed E-state index contributed by atoms with van der Waals surface area (Å²) < 4.78 is 38.8. The number of nitrogens with one attached hydrogen (secondary N) is 1. The predicted octanol–water partition coefficient (Wildman–Crippen LogP) is 4.38. The molecule has 1 aliphatic rings. The molecule has 3 rings (SSSR count). The van der Waals surface area contributed by atoms with Crippen LogP contribution in [0.25, 0.3) is 0 Å². The van der Waals surface area contributed by atoms with E-state index in [0.29, 0.717) is 25.2 Å². The number of amides is 1. The average Bonchev–Trinajstić information content (AvgIpc) is 2.71. The van der Waals surface area contributed by atoms with Gasteiger partial charge in [0.1, 0.15) is 0 Å². The monoisotopic (exact) mass is 399 g/mol. The molecule has 0 aromatic heterocycles. The largest absolute Gasteiger partial charge is 0.416 e. The van der Waals surface area contributed by atoms with Gasteiger partial charge in [-0.15, -0.1) is 0 Å². The smallest absolute Gasteiger partial charge is 0.352 e. The maximum atomic E-state index is 12.9. The zero-order valence-corrected chi connectivity index (χ0v) is 15.7. The predicted molar refractivity (Wildman–Crippen MR) is 105 cm³/mol. The van der Waals surface area contributed by atoms with Crippen LogP contribution in [0.1, 0.15) is 16.7 Å². The number of hydrogen-bond donors (Lipinski definition) is 1. The first kappa shape index (κ1) is 20.5. The molecule has 1 N–H and O–H groups in total. The van der Waals surface area contributed by atoms with Crippen molar-refractivity contribution >= 4 is 17.3 Å². The van der Waals surface area contributed by atoms with Crippen molar-refractivity contribution < 1.29 is 18.0 Å². The van der Waals surface area contributed by atoms with Crippen molar-refractivity contribution in [2.75, 3.05) is 18.0 Å². The highest BCUT2D eigenvalue weighted by molar-refractivity contribution is 5.86. The molecule has 0 radical (unpaired) electrons. The minimum absolute atomic E-state index is 0.0357. The molecule has 1 atom stereocenters. The fourth-order valence-electron chi connectivity index (χ4n) is 3.60. The quantitative estimate of drug-likeness (QED) is 0.759. The highest BCUT2D eigenvalue weighted by Crippen LogP contribution is 2.38. The molecular formula is C22H20F3N3O. The number of fused-ring (bicyclic) bond motifs is 1. The van der Waals surface area contributed by atoms with Crippen LogP contribution in [0.15, 0.2) is 55.1 Å². The zero-order chi connectivity index (χ0) is 21.0. The number of halogens is 3. The van der Waals surface area contributed by atoms with Gasteiger partial charge in [0.25, 0.3) is 0 Å². The first-order chi connectivity index (χ1) is 13.8. The summed E-state index contributed by atoms with van der Waals surface area (Å²) in [5.41, 5.74) is 2.68. The van der Waals surface area contributed by atoms with Gasteiger partial charge < -0.3 is 10.2 Å². The van der Waals surface area contributed by atoms with Crippen molar-refractivity contribution in [3.8, 4) is 6.07 Å². The lowest BCUT2D eigenvalue weighted by atomic mass is 9.88. The van der Waals surface area contributed by atoms with E-state index in [1.165, 1.54) is 18.2 Å². The van der Waals surface area contributed by atoms with E-state index in [-0.39, 0.29) is 18.2 Å². The first-order valence-electron chi connectivity index (χ1n) is 9.16. The van der Waals surface area contributed by atoms with E-state index in [1.54, 1.807) is 0 Å². The molecule has 1 heterocycles. The van der Waals surface area contributed by atoms with E-state index in [9.17, 15) is 18.0 Å². The van der Waals surface area contributed by atoms with Gasteiger partial charge >= 0.3 is 6.18 Å². The number of carbonyl (C=O) groups is 1. The van der Waals surface area contributed by atoms with E-state index < -0.39 is 11.7 Å². The number of carbonyl (C=O) groups excluding carboxylic acids is 1. The second-order valence-electron chi connectivity index (χ2n) is 6.92. The molecule has 2 aromatic rings. The van der Waals surface area contributed by atoms with Gasteiger partial charge in [-0.3, -0.25) is 4.79 Å². The molecule has 0 saturated carbocycles. The molecule has 0 fully saturated rings. The Morgan fingerprint density at radius 3 is 2.62 bits per heavy atom. The summed E-state index contributed by atoms with van der Waals surface area (Å²) in [7, 11) is 0. The lowest BCUT2D eigenvalue weighted by Crippen LogP contribution is -2.39. The summed E-state index contributed by atoms with van der Waals surface area (Å²) in [6.07, 6.45) is -2.28. The molecule has 4 nitrogen and oxygen atoms in total. The molecule has 0 bridgehead atoms. The van der Waals surface area contributed by atoms with Crippen molar-refractivity contribution in [2.45, 2.75) is 19.0 Å². The van der Waals surface area contributed by atoms with Crippen LogP contribution in [-0.4, -0.2) is 19.0 Å². The molecule has 150 valence electrons. The summed E-state index contributed by atoms with van der Waals surface area (Å²) in [5, 5.41) is 11.9. The van der Waals surface area contributed by atoms with Crippen molar-refractivity contribution in [2.24, 2.45) is 5.92 Å². The lowest BCUT2D eigenvalue weighted by Gasteiger charge is -2.37. The average molecular weight is 399 g/mol. The summed E-state index contributed by atoms with van der Waals surface area (Å²) >= 11 is 0. The number of benzene rings is 2. The highest BCUT2D eigenvalue weighted by atomic mass is 19.4. The number of hydrogen-bond acceptors (Lipinski definition) is 3. The van der Waals surface area contributed by atoms with Crippen LogP contribution in [0.5, 0.6) is 0 Å². The van der Waals surface area contributed by atoms with Crippen molar-refractivity contribution in [1.82, 2.24) is 5.32 Å². The molecule has 1 amide bonds. The van der Waals surface area contributed by atoms with E-state index in [0.717, 1.165) is 28.9 Å². The minimum Gasteiger partial charge on any atom is -0.352 e. The van der Waals surface area contributed by atoms with Crippen LogP contribution in [0.2, 0.25) is 0 Å². The van der Waals surface area contributed by atoms with E-state index in [4.69, 9.17) is 5.26 Å². The van der Waals surface area contributed by atoms with Crippen LogP contribution < -0.4 is 10.2 Å². The Balaban J connectivity index is 1.97. The highest BCUT2D eigenvalue weighted by Gasteiger charge is 2.31. The van der Waals surface area contributed by atoms with Gasteiger partial charge in [-0.05, 0) is 59.9 Å². The lowest BCUT2D eigenvalue weighted by molar-refractivity contribution is -0.137. The molecule has 29 heavy (non-hydrogen) atoms. The van der Waals surface area contributed by atoms with Crippen molar-refractivity contribution in [1.29, 1.82) is 5.26 Å². The second-order valence-corrected chi connectivity index (χ2v) is 6.92. The fourth-order valence-corrected chi connectivity index (χ4v) is 3.60. The van der Waals surface area contributed by atoms with Crippen molar-refractivity contribution in [3.63, 3.8) is 0 Å². The van der Waals surface area contributed by atoms with E-state index >= 15 is 0 Å². The van der Waals surface area contributed by atoms with E-state index in [2.05, 4.69) is 18.0 Å². The zero-order valence-electron chi connectivity index (χ0n) is 15.7. The van der Waals surface area contributed by atoms with Gasteiger partial charge in [-0.1, -0.05) is 18.7 Å². The van der Waals surface area contributed by atoms with Crippen molar-refractivity contribution in [3.05, 3.63) is 71.8 Å². The molecular weight excluding hydrogens is 379 g/mol. The normalized spacial score (nSPS) is 15.9. The van der Waals surface area contributed by atoms with Gasteiger partial charge in [0.05, 0.1) is 18.1 Å². The Labute approximate surface area is 167 Å². The van der Waals surface area contributed by atoms with Crippen LogP contribution in [0.4, 0.5) is 24.5 Å². The van der Waals surface area contributed by atoms with E-state index in [1.807, 2.05) is 23.1 Å². The summed E-state index contributed by atoms with van der Waals surface area (Å²) in [6.45, 7) is 4.38. The third kappa shape index (κ3) is 4.60. The second kappa shape index (κ2) is 8.39. The summed E-state index contributed by atoms with van der Waals surface area (Å²) in [5.74, 6) is -0.240. The topological polar surface area (TPSA) is 56.1 Å². The maximum absolute atomic E-state index is 12.9. The summed E-state index contributed by atoms with van der Waals surface area (Å²) in [6, 6.07) is 12.8. The minimum atomic E-state index is -4.39. The van der Waals surface area contributed by atoms with Crippen LogP contribution in [0, 0.1) is 17.2 Å². The Bertz CT molecular complexity index is 945. The SMILES string of the molecule is C=CC(=O)NCC1Cc2c(CC#N)cccc2N(c2ccc(C(F)(F)F)cc2)C1. The summed E-state index contributed by atoms with van der Waals surface area (Å²) in [4.78, 5) is 13.5. The molecule has 2 aromatic carbocycles. The number of rotatable bonds is 5. The van der Waals surface area contributed by atoms with Crippen LogP contribution >= 0.6 is 0 Å². The maximum Gasteiger partial charge on any atom is 0.416 e. The molecule has 0 saturated heterocycles. The Morgan fingerprint density at radius 2 is 2.00 bits per heavy atom. The Morgan fingerprint density at radius 1 is 1.28 bits per heavy atom. The third-order valence-electron chi connectivity index (χ3n) is 5.00. The number of alkyl halides is 3. The molecule has 0 spiro atoms. The first-order valence-corrected chi connectivity index (χ1v) is 9.16. The number of nitrogens with zero attached hydrogens (tertiary/aromatic N) is 2. The fraction of sp³-hybridized carbons (Fsp3) is 0.273. The third-order valence-corrected chi connectivity index (χ3v) is 5.00. The van der Waals surface area contributed by atoms with Crippen LogP contribution in [-0.2, 0) is 23.8 Å².